The molecule has 1 aromatic carbocycles. The number of hydrogen-bond acceptors (Lipinski definition) is 4. The Bertz CT molecular complexity index is 448. The van der Waals surface area contributed by atoms with E-state index in [2.05, 4.69) is 0 Å². The van der Waals surface area contributed by atoms with Crippen molar-refractivity contribution in [1.29, 1.82) is 0 Å². The standard InChI is InChI=1S/C13H19N3O2/c1-2-18-12-8-9(5-6-10(12)14)16-7-3-4-11(16)13(15)17/h5-6,8,11H,2-4,7,14H2,1H3,(H2,15,17). The minimum Gasteiger partial charge on any atom is -0.492 e. The van der Waals surface area contributed by atoms with Gasteiger partial charge in [0.1, 0.15) is 11.8 Å². The van der Waals surface area contributed by atoms with E-state index in [0.717, 1.165) is 25.1 Å². The van der Waals surface area contributed by atoms with E-state index in [1.165, 1.54) is 0 Å². The molecule has 5 heteroatoms. The number of primary amides is 1. The number of amides is 1. The van der Waals surface area contributed by atoms with Crippen LogP contribution in [0.5, 0.6) is 5.75 Å². The van der Waals surface area contributed by atoms with Crippen LogP contribution >= 0.6 is 0 Å². The summed E-state index contributed by atoms with van der Waals surface area (Å²) in [4.78, 5) is 13.4. The summed E-state index contributed by atoms with van der Waals surface area (Å²) in [6.07, 6.45) is 1.78. The van der Waals surface area contributed by atoms with Crippen LogP contribution in [0.15, 0.2) is 18.2 Å². The van der Waals surface area contributed by atoms with Crippen molar-refractivity contribution >= 4 is 17.3 Å². The Morgan fingerprint density at radius 2 is 2.33 bits per heavy atom. The molecule has 1 saturated heterocycles. The summed E-state index contributed by atoms with van der Waals surface area (Å²) >= 11 is 0. The lowest BCUT2D eigenvalue weighted by molar-refractivity contribution is -0.119. The Morgan fingerprint density at radius 1 is 1.56 bits per heavy atom. The topological polar surface area (TPSA) is 81.6 Å². The number of nitrogen functional groups attached to an aromatic ring is 1. The molecule has 0 saturated carbocycles. The van der Waals surface area contributed by atoms with Gasteiger partial charge in [-0.05, 0) is 31.9 Å². The Labute approximate surface area is 107 Å². The van der Waals surface area contributed by atoms with Crippen LogP contribution in [0.25, 0.3) is 0 Å². The van der Waals surface area contributed by atoms with Crippen LogP contribution in [-0.2, 0) is 4.79 Å². The molecule has 1 heterocycles. The van der Waals surface area contributed by atoms with Crippen molar-refractivity contribution in [2.24, 2.45) is 5.73 Å². The summed E-state index contributed by atoms with van der Waals surface area (Å²) in [6.45, 7) is 3.31. The minimum atomic E-state index is -0.276. The monoisotopic (exact) mass is 249 g/mol. The van der Waals surface area contributed by atoms with Crippen molar-refractivity contribution in [3.05, 3.63) is 18.2 Å². The van der Waals surface area contributed by atoms with Crippen LogP contribution in [0.2, 0.25) is 0 Å². The molecule has 5 nitrogen and oxygen atoms in total. The van der Waals surface area contributed by atoms with E-state index >= 15 is 0 Å². The van der Waals surface area contributed by atoms with Crippen LogP contribution in [0.4, 0.5) is 11.4 Å². The number of nitrogens with zero attached hydrogens (tertiary/aromatic N) is 1. The van der Waals surface area contributed by atoms with Gasteiger partial charge < -0.3 is 21.1 Å². The number of carbonyl (C=O) groups is 1. The molecular formula is C13H19N3O2. The van der Waals surface area contributed by atoms with Crippen LogP contribution in [0, 0.1) is 0 Å². The molecule has 1 aromatic rings. The van der Waals surface area contributed by atoms with Gasteiger partial charge in [-0.3, -0.25) is 4.79 Å². The average Bonchev–Trinajstić information content (AvgIpc) is 2.81. The number of hydrogen-bond donors (Lipinski definition) is 2. The van der Waals surface area contributed by atoms with E-state index < -0.39 is 0 Å². The molecule has 1 amide bonds. The zero-order valence-electron chi connectivity index (χ0n) is 10.6. The summed E-state index contributed by atoms with van der Waals surface area (Å²) in [6, 6.07) is 5.36. The maximum Gasteiger partial charge on any atom is 0.240 e. The lowest BCUT2D eigenvalue weighted by Crippen LogP contribution is -2.40. The lowest BCUT2D eigenvalue weighted by atomic mass is 10.2. The highest BCUT2D eigenvalue weighted by molar-refractivity contribution is 5.84. The molecule has 1 aliphatic rings. The van der Waals surface area contributed by atoms with Crippen molar-refractivity contribution in [2.45, 2.75) is 25.8 Å². The predicted octanol–water partition coefficient (Wildman–Crippen LogP) is 1.12. The smallest absolute Gasteiger partial charge is 0.240 e. The summed E-state index contributed by atoms with van der Waals surface area (Å²) in [7, 11) is 0. The summed E-state index contributed by atoms with van der Waals surface area (Å²) in [5, 5.41) is 0. The van der Waals surface area contributed by atoms with Crippen LogP contribution < -0.4 is 21.1 Å². The number of anilines is 2. The fourth-order valence-electron chi connectivity index (χ4n) is 2.35. The van der Waals surface area contributed by atoms with Gasteiger partial charge in [-0.1, -0.05) is 0 Å². The molecule has 0 bridgehead atoms. The van der Waals surface area contributed by atoms with E-state index in [4.69, 9.17) is 16.2 Å². The maximum atomic E-state index is 11.4. The fraction of sp³-hybridized carbons (Fsp3) is 0.462. The van der Waals surface area contributed by atoms with Gasteiger partial charge in [0.15, 0.2) is 0 Å². The first kappa shape index (κ1) is 12.5. The molecule has 18 heavy (non-hydrogen) atoms. The van der Waals surface area contributed by atoms with E-state index in [9.17, 15) is 4.79 Å². The van der Waals surface area contributed by atoms with E-state index in [1.54, 1.807) is 6.07 Å². The number of rotatable bonds is 4. The number of carbonyl (C=O) groups excluding carboxylic acids is 1. The van der Waals surface area contributed by atoms with E-state index in [0.29, 0.717) is 18.0 Å². The molecule has 2 rings (SSSR count). The fourth-order valence-corrected chi connectivity index (χ4v) is 2.35. The Balaban J connectivity index is 2.27. The third kappa shape index (κ3) is 2.34. The Hall–Kier alpha value is -1.91. The minimum absolute atomic E-state index is 0.219. The molecule has 1 atom stereocenters. The van der Waals surface area contributed by atoms with Gasteiger partial charge in [0, 0.05) is 18.3 Å². The third-order valence-corrected chi connectivity index (χ3v) is 3.21. The predicted molar refractivity (Wildman–Crippen MR) is 71.6 cm³/mol. The van der Waals surface area contributed by atoms with Crippen molar-refractivity contribution in [3.63, 3.8) is 0 Å². The first-order valence-electron chi connectivity index (χ1n) is 6.21. The van der Waals surface area contributed by atoms with Crippen LogP contribution in [0.1, 0.15) is 19.8 Å². The van der Waals surface area contributed by atoms with Crippen molar-refractivity contribution in [3.8, 4) is 5.75 Å². The van der Waals surface area contributed by atoms with Crippen LogP contribution in [-0.4, -0.2) is 25.1 Å². The first-order valence-corrected chi connectivity index (χ1v) is 6.21. The van der Waals surface area contributed by atoms with Crippen molar-refractivity contribution in [1.82, 2.24) is 0 Å². The highest BCUT2D eigenvalue weighted by Gasteiger charge is 2.29. The third-order valence-electron chi connectivity index (χ3n) is 3.21. The lowest BCUT2D eigenvalue weighted by Gasteiger charge is -2.25. The second kappa shape index (κ2) is 5.16. The van der Waals surface area contributed by atoms with Gasteiger partial charge in [-0.25, -0.2) is 0 Å². The van der Waals surface area contributed by atoms with Crippen molar-refractivity contribution < 1.29 is 9.53 Å². The molecule has 0 spiro atoms. The normalized spacial score (nSPS) is 18.9. The summed E-state index contributed by atoms with van der Waals surface area (Å²) in [5.74, 6) is 0.382. The number of nitrogens with two attached hydrogens (primary N) is 2. The van der Waals surface area contributed by atoms with Crippen molar-refractivity contribution in [2.75, 3.05) is 23.8 Å². The SMILES string of the molecule is CCOc1cc(N2CCCC2C(N)=O)ccc1N. The van der Waals surface area contributed by atoms with Gasteiger partial charge in [-0.15, -0.1) is 0 Å². The zero-order valence-corrected chi connectivity index (χ0v) is 10.6. The molecule has 98 valence electrons. The molecule has 4 N–H and O–H groups in total. The van der Waals surface area contributed by atoms with Gasteiger partial charge in [-0.2, -0.15) is 0 Å². The second-order valence-corrected chi connectivity index (χ2v) is 4.41. The molecule has 1 unspecified atom stereocenters. The summed E-state index contributed by atoms with van der Waals surface area (Å²) in [5.41, 5.74) is 12.8. The second-order valence-electron chi connectivity index (χ2n) is 4.41. The van der Waals surface area contributed by atoms with Gasteiger partial charge >= 0.3 is 0 Å². The number of benzene rings is 1. The van der Waals surface area contributed by atoms with E-state index in [1.807, 2.05) is 24.0 Å². The quantitative estimate of drug-likeness (QED) is 0.783. The number of ether oxygens (including phenoxy) is 1. The van der Waals surface area contributed by atoms with E-state index in [-0.39, 0.29) is 11.9 Å². The molecule has 1 fully saturated rings. The molecule has 0 radical (unpaired) electrons. The zero-order chi connectivity index (χ0) is 13.1. The average molecular weight is 249 g/mol. The van der Waals surface area contributed by atoms with Gasteiger partial charge in [0.2, 0.25) is 5.91 Å². The molecule has 0 aromatic heterocycles. The summed E-state index contributed by atoms with van der Waals surface area (Å²) < 4.78 is 5.46. The molecular weight excluding hydrogens is 230 g/mol. The largest absolute Gasteiger partial charge is 0.492 e. The van der Waals surface area contributed by atoms with Crippen LogP contribution in [0.3, 0.4) is 0 Å². The highest BCUT2D eigenvalue weighted by Crippen LogP contribution is 2.31. The van der Waals surface area contributed by atoms with Gasteiger partial charge in [0.05, 0.1) is 12.3 Å². The first-order chi connectivity index (χ1) is 8.63. The molecule has 1 aliphatic heterocycles. The maximum absolute atomic E-state index is 11.4. The highest BCUT2D eigenvalue weighted by atomic mass is 16.5. The Morgan fingerprint density at radius 3 is 3.00 bits per heavy atom. The molecule has 0 aliphatic carbocycles. The Kier molecular flexibility index (Phi) is 3.60. The van der Waals surface area contributed by atoms with Gasteiger partial charge in [0.25, 0.3) is 0 Å².